The number of rotatable bonds is 3. The third-order valence-electron chi connectivity index (χ3n) is 3.94. The molecule has 0 fully saturated rings. The summed E-state index contributed by atoms with van der Waals surface area (Å²) in [7, 11) is 0. The van der Waals surface area contributed by atoms with Crippen molar-refractivity contribution in [3.8, 4) is 5.69 Å². The Morgan fingerprint density at radius 3 is 2.54 bits per heavy atom. The van der Waals surface area contributed by atoms with E-state index in [1.54, 1.807) is 16.8 Å². The van der Waals surface area contributed by atoms with Gasteiger partial charge in [-0.15, -0.1) is 11.3 Å². The second kappa shape index (κ2) is 6.81. The molecule has 2 heterocycles. The molecular weight excluding hydrogens is 464 g/mol. The molecule has 2 aromatic heterocycles. The van der Waals surface area contributed by atoms with Gasteiger partial charge in [-0.05, 0) is 84.1 Å². The predicted octanol–water partition coefficient (Wildman–Crippen LogP) is 5.39. The van der Waals surface area contributed by atoms with Crippen LogP contribution in [-0.4, -0.2) is 15.7 Å². The minimum atomic E-state index is -0.294. The molecule has 0 unspecified atom stereocenters. The highest BCUT2D eigenvalue weighted by Gasteiger charge is 2.17. The summed E-state index contributed by atoms with van der Waals surface area (Å²) in [4.78, 5) is 14.1. The van der Waals surface area contributed by atoms with Crippen molar-refractivity contribution in [1.29, 1.82) is 0 Å². The van der Waals surface area contributed by atoms with Gasteiger partial charge in [0.25, 0.3) is 5.91 Å². The van der Waals surface area contributed by atoms with Crippen LogP contribution in [0.5, 0.6) is 0 Å². The van der Waals surface area contributed by atoms with Gasteiger partial charge in [-0.1, -0.05) is 0 Å². The molecular formula is C19H13FIN3OS. The number of aromatic nitrogens is 2. The Bertz CT molecular complexity index is 1100. The number of thiophene rings is 1. The molecule has 0 aliphatic heterocycles. The van der Waals surface area contributed by atoms with Crippen molar-refractivity contribution in [2.75, 3.05) is 5.32 Å². The molecule has 4 aromatic rings. The summed E-state index contributed by atoms with van der Waals surface area (Å²) in [6.07, 6.45) is 0. The number of nitrogens with zero attached hydrogens (tertiary/aromatic N) is 2. The van der Waals surface area contributed by atoms with Crippen LogP contribution in [0.15, 0.2) is 54.6 Å². The number of fused-ring (bicyclic) bond motifs is 1. The number of carbonyl (C=O) groups excluding carboxylic acids is 1. The summed E-state index contributed by atoms with van der Waals surface area (Å²) in [5, 5.41) is 8.35. The maximum Gasteiger partial charge on any atom is 0.265 e. The van der Waals surface area contributed by atoms with Crippen LogP contribution in [0.2, 0.25) is 0 Å². The van der Waals surface area contributed by atoms with Crippen molar-refractivity contribution < 1.29 is 9.18 Å². The molecule has 0 radical (unpaired) electrons. The zero-order valence-corrected chi connectivity index (χ0v) is 16.6. The van der Waals surface area contributed by atoms with Gasteiger partial charge in [-0.3, -0.25) is 4.79 Å². The molecule has 26 heavy (non-hydrogen) atoms. The first-order valence-electron chi connectivity index (χ1n) is 7.83. The van der Waals surface area contributed by atoms with Crippen LogP contribution >= 0.6 is 33.9 Å². The van der Waals surface area contributed by atoms with Crippen LogP contribution in [0.25, 0.3) is 15.9 Å². The highest BCUT2D eigenvalue weighted by molar-refractivity contribution is 14.1. The molecule has 2 aromatic carbocycles. The van der Waals surface area contributed by atoms with Crippen LogP contribution in [0, 0.1) is 16.3 Å². The van der Waals surface area contributed by atoms with Gasteiger partial charge in [-0.25, -0.2) is 9.07 Å². The van der Waals surface area contributed by atoms with Gasteiger partial charge >= 0.3 is 0 Å². The Kier molecular flexibility index (Phi) is 4.49. The second-order valence-electron chi connectivity index (χ2n) is 5.76. The summed E-state index contributed by atoms with van der Waals surface area (Å²) in [6, 6.07) is 15.6. The van der Waals surface area contributed by atoms with Crippen molar-refractivity contribution in [2.45, 2.75) is 6.92 Å². The Morgan fingerprint density at radius 2 is 1.85 bits per heavy atom. The fourth-order valence-electron chi connectivity index (χ4n) is 2.64. The van der Waals surface area contributed by atoms with Crippen molar-refractivity contribution in [1.82, 2.24) is 9.78 Å². The van der Waals surface area contributed by atoms with Crippen molar-refractivity contribution >= 4 is 55.7 Å². The molecule has 0 saturated heterocycles. The summed E-state index contributed by atoms with van der Waals surface area (Å²) < 4.78 is 16.0. The third kappa shape index (κ3) is 3.24. The lowest BCUT2D eigenvalue weighted by Crippen LogP contribution is -2.10. The third-order valence-corrected chi connectivity index (χ3v) is 5.77. The van der Waals surface area contributed by atoms with Crippen LogP contribution < -0.4 is 5.32 Å². The summed E-state index contributed by atoms with van der Waals surface area (Å²) in [5.41, 5.74) is 2.34. The molecule has 7 heteroatoms. The van der Waals surface area contributed by atoms with Crippen LogP contribution in [0.4, 0.5) is 10.1 Å². The minimum Gasteiger partial charge on any atom is -0.321 e. The fourth-order valence-corrected chi connectivity index (χ4v) is 4.08. The van der Waals surface area contributed by atoms with Crippen molar-refractivity contribution in [3.05, 3.63) is 74.6 Å². The van der Waals surface area contributed by atoms with Crippen LogP contribution in [-0.2, 0) is 0 Å². The SMILES string of the molecule is Cc1nn(-c2ccc(F)cc2)c2sc(C(=O)Nc3ccc(I)cc3)cc12. The van der Waals surface area contributed by atoms with E-state index in [1.807, 2.05) is 37.3 Å². The lowest BCUT2D eigenvalue weighted by Gasteiger charge is -2.04. The van der Waals surface area contributed by atoms with Gasteiger partial charge in [0.2, 0.25) is 0 Å². The number of nitrogens with one attached hydrogen (secondary N) is 1. The number of hydrogen-bond acceptors (Lipinski definition) is 3. The number of carbonyl (C=O) groups is 1. The number of benzene rings is 2. The fraction of sp³-hybridized carbons (Fsp3) is 0.0526. The van der Waals surface area contributed by atoms with E-state index in [1.165, 1.54) is 23.5 Å². The van der Waals surface area contributed by atoms with Gasteiger partial charge in [0.05, 0.1) is 16.3 Å². The van der Waals surface area contributed by atoms with Gasteiger partial charge in [0.15, 0.2) is 0 Å². The normalized spacial score (nSPS) is 11.0. The van der Waals surface area contributed by atoms with E-state index in [-0.39, 0.29) is 11.7 Å². The molecule has 0 bridgehead atoms. The van der Waals surface area contributed by atoms with E-state index in [0.29, 0.717) is 4.88 Å². The van der Waals surface area contributed by atoms with E-state index in [9.17, 15) is 9.18 Å². The quantitative estimate of drug-likeness (QED) is 0.403. The number of anilines is 1. The molecule has 0 aliphatic carbocycles. The molecule has 1 amide bonds. The Labute approximate surface area is 166 Å². The Hall–Kier alpha value is -2.26. The number of aryl methyl sites for hydroxylation is 1. The first kappa shape index (κ1) is 17.2. The maximum absolute atomic E-state index is 13.2. The van der Waals surface area contributed by atoms with E-state index in [2.05, 4.69) is 33.0 Å². The van der Waals surface area contributed by atoms with Gasteiger partial charge in [0.1, 0.15) is 10.6 Å². The standard InChI is InChI=1S/C19H13FIN3OS/c1-11-16-10-17(18(25)22-14-6-4-13(21)5-7-14)26-19(16)24(23-11)15-8-2-12(20)3-9-15/h2-10H,1H3,(H,22,25). The van der Waals surface area contributed by atoms with Crippen LogP contribution in [0.3, 0.4) is 0 Å². The minimum absolute atomic E-state index is 0.155. The molecule has 0 aliphatic rings. The summed E-state index contributed by atoms with van der Waals surface area (Å²) in [5.74, 6) is -0.449. The largest absolute Gasteiger partial charge is 0.321 e. The first-order valence-corrected chi connectivity index (χ1v) is 9.73. The molecule has 4 rings (SSSR count). The van der Waals surface area contributed by atoms with Gasteiger partial charge < -0.3 is 5.32 Å². The highest BCUT2D eigenvalue weighted by atomic mass is 127. The van der Waals surface area contributed by atoms with Crippen molar-refractivity contribution in [3.63, 3.8) is 0 Å². The first-order chi connectivity index (χ1) is 12.5. The van der Waals surface area contributed by atoms with E-state index in [0.717, 1.165) is 30.9 Å². The Morgan fingerprint density at radius 1 is 1.15 bits per heavy atom. The topological polar surface area (TPSA) is 46.9 Å². The lowest BCUT2D eigenvalue weighted by molar-refractivity contribution is 0.103. The van der Waals surface area contributed by atoms with Crippen LogP contribution in [0.1, 0.15) is 15.4 Å². The number of hydrogen-bond donors (Lipinski definition) is 1. The molecule has 4 nitrogen and oxygen atoms in total. The average molecular weight is 477 g/mol. The smallest absolute Gasteiger partial charge is 0.265 e. The number of halogens is 2. The van der Waals surface area contributed by atoms with E-state index >= 15 is 0 Å². The molecule has 130 valence electrons. The number of amides is 1. The molecule has 0 saturated carbocycles. The average Bonchev–Trinajstić information content (AvgIpc) is 3.19. The maximum atomic E-state index is 13.2. The summed E-state index contributed by atoms with van der Waals surface area (Å²) in [6.45, 7) is 1.90. The monoisotopic (exact) mass is 477 g/mol. The zero-order chi connectivity index (χ0) is 18.3. The molecule has 0 atom stereocenters. The second-order valence-corrected chi connectivity index (χ2v) is 8.04. The molecule has 0 spiro atoms. The van der Waals surface area contributed by atoms with Gasteiger partial charge in [-0.2, -0.15) is 5.10 Å². The van der Waals surface area contributed by atoms with Crippen molar-refractivity contribution in [2.24, 2.45) is 0 Å². The highest BCUT2D eigenvalue weighted by Crippen LogP contribution is 2.31. The molecule has 1 N–H and O–H groups in total. The van der Waals surface area contributed by atoms with Gasteiger partial charge in [0, 0.05) is 14.6 Å². The van der Waals surface area contributed by atoms with E-state index in [4.69, 9.17) is 0 Å². The Balaban J connectivity index is 1.69. The van der Waals surface area contributed by atoms with E-state index < -0.39 is 0 Å². The zero-order valence-electron chi connectivity index (χ0n) is 13.7. The summed E-state index contributed by atoms with van der Waals surface area (Å²) >= 11 is 3.59. The lowest BCUT2D eigenvalue weighted by atomic mass is 10.3. The predicted molar refractivity (Wildman–Crippen MR) is 111 cm³/mol.